The van der Waals surface area contributed by atoms with Gasteiger partial charge in [0, 0.05) is 11.3 Å². The van der Waals surface area contributed by atoms with E-state index in [9.17, 15) is 14.7 Å². The number of nitrogens with zero attached hydrogens (tertiary/aromatic N) is 4. The van der Waals surface area contributed by atoms with E-state index in [1.54, 1.807) is 18.2 Å². The predicted molar refractivity (Wildman–Crippen MR) is 83.1 cm³/mol. The molecule has 0 saturated carbocycles. The SMILES string of the molecule is [N-]=[N+]=NC[C@H]1O[C@@H](N2C(=O)NC(=O)/C2=C/c2ccccc2)C[C@@H]1O. The molecule has 0 spiro atoms. The van der Waals surface area contributed by atoms with E-state index in [2.05, 4.69) is 15.3 Å². The maximum absolute atomic E-state index is 12.1. The molecule has 9 nitrogen and oxygen atoms in total. The molecular formula is C15H15N5O4. The number of imide groups is 1. The summed E-state index contributed by atoms with van der Waals surface area (Å²) in [6.45, 7) is -0.0463. The third kappa shape index (κ3) is 3.09. The Hall–Kier alpha value is -2.87. The number of aliphatic hydroxyl groups excluding tert-OH is 1. The highest BCUT2D eigenvalue weighted by atomic mass is 16.5. The second-order valence-corrected chi connectivity index (χ2v) is 5.42. The number of nitrogens with one attached hydrogen (secondary N) is 1. The fourth-order valence-corrected chi connectivity index (χ4v) is 2.72. The van der Waals surface area contributed by atoms with Crippen molar-refractivity contribution in [2.45, 2.75) is 24.9 Å². The Morgan fingerprint density at radius 3 is 2.88 bits per heavy atom. The van der Waals surface area contributed by atoms with Crippen LogP contribution in [0.5, 0.6) is 0 Å². The van der Waals surface area contributed by atoms with E-state index in [1.807, 2.05) is 18.2 Å². The summed E-state index contributed by atoms with van der Waals surface area (Å²) in [5, 5.41) is 15.6. The number of hydrogen-bond acceptors (Lipinski definition) is 5. The zero-order valence-corrected chi connectivity index (χ0v) is 12.6. The molecule has 3 rings (SSSR count). The number of rotatable bonds is 4. The number of benzene rings is 1. The third-order valence-corrected chi connectivity index (χ3v) is 3.85. The van der Waals surface area contributed by atoms with Gasteiger partial charge in [-0.05, 0) is 17.2 Å². The van der Waals surface area contributed by atoms with E-state index in [4.69, 9.17) is 10.3 Å². The average molecular weight is 329 g/mol. The van der Waals surface area contributed by atoms with Crippen LogP contribution in [0.25, 0.3) is 16.5 Å². The molecule has 24 heavy (non-hydrogen) atoms. The Morgan fingerprint density at radius 1 is 1.42 bits per heavy atom. The topological polar surface area (TPSA) is 128 Å². The Balaban J connectivity index is 1.85. The third-order valence-electron chi connectivity index (χ3n) is 3.85. The molecule has 2 aliphatic heterocycles. The van der Waals surface area contributed by atoms with Gasteiger partial charge in [-0.1, -0.05) is 35.4 Å². The standard InChI is InChI=1S/C15H15N5O4/c16-19-17-8-12-11(21)7-13(24-12)20-10(14(22)18-15(20)23)6-9-4-2-1-3-5-9/h1-6,11-13,21H,7-8H2,(H,18,22,23)/b10-6-/t11-,12+,13+/m0/s1. The van der Waals surface area contributed by atoms with Gasteiger partial charge in [-0.25, -0.2) is 4.79 Å². The van der Waals surface area contributed by atoms with Gasteiger partial charge in [0.2, 0.25) is 0 Å². The predicted octanol–water partition coefficient (Wildman–Crippen LogP) is 1.37. The van der Waals surface area contributed by atoms with Crippen LogP contribution in [-0.2, 0) is 9.53 Å². The van der Waals surface area contributed by atoms with Gasteiger partial charge in [0.05, 0.1) is 18.8 Å². The first-order valence-corrected chi connectivity index (χ1v) is 7.36. The zero-order valence-electron chi connectivity index (χ0n) is 12.6. The molecule has 2 aliphatic rings. The molecule has 2 heterocycles. The minimum Gasteiger partial charge on any atom is -0.390 e. The summed E-state index contributed by atoms with van der Waals surface area (Å²) in [6, 6.07) is 8.47. The first kappa shape index (κ1) is 16.0. The van der Waals surface area contributed by atoms with Gasteiger partial charge in [-0.2, -0.15) is 0 Å². The van der Waals surface area contributed by atoms with E-state index < -0.39 is 30.4 Å². The molecule has 1 aromatic rings. The molecule has 2 N–H and O–H groups in total. The first-order valence-electron chi connectivity index (χ1n) is 7.36. The van der Waals surface area contributed by atoms with Gasteiger partial charge in [0.1, 0.15) is 11.9 Å². The molecule has 0 bridgehead atoms. The van der Waals surface area contributed by atoms with Crippen molar-refractivity contribution in [3.63, 3.8) is 0 Å². The van der Waals surface area contributed by atoms with Crippen LogP contribution >= 0.6 is 0 Å². The molecule has 0 aromatic heterocycles. The number of ether oxygens (including phenoxy) is 1. The average Bonchev–Trinajstić information content (AvgIpc) is 3.06. The summed E-state index contributed by atoms with van der Waals surface area (Å²) in [5.41, 5.74) is 9.27. The second-order valence-electron chi connectivity index (χ2n) is 5.42. The lowest BCUT2D eigenvalue weighted by molar-refractivity contribution is -0.116. The number of carbonyl (C=O) groups excluding carboxylic acids is 2. The number of amides is 3. The number of carbonyl (C=O) groups is 2. The maximum Gasteiger partial charge on any atom is 0.331 e. The van der Waals surface area contributed by atoms with Gasteiger partial charge < -0.3 is 9.84 Å². The summed E-state index contributed by atoms with van der Waals surface area (Å²) < 4.78 is 5.60. The summed E-state index contributed by atoms with van der Waals surface area (Å²) >= 11 is 0. The number of aliphatic hydroxyl groups is 1. The molecule has 0 aliphatic carbocycles. The molecule has 3 atom stereocenters. The quantitative estimate of drug-likeness (QED) is 0.284. The first-order chi connectivity index (χ1) is 11.6. The lowest BCUT2D eigenvalue weighted by Crippen LogP contribution is -2.37. The maximum atomic E-state index is 12.1. The zero-order chi connectivity index (χ0) is 17.1. The Morgan fingerprint density at radius 2 is 2.17 bits per heavy atom. The van der Waals surface area contributed by atoms with Crippen LogP contribution in [0.1, 0.15) is 12.0 Å². The highest BCUT2D eigenvalue weighted by Gasteiger charge is 2.44. The molecule has 0 radical (unpaired) electrons. The van der Waals surface area contributed by atoms with Crippen LogP contribution in [0, 0.1) is 0 Å². The normalized spacial score (nSPS) is 28.1. The van der Waals surface area contributed by atoms with Crippen molar-refractivity contribution < 1.29 is 19.4 Å². The molecule has 3 amide bonds. The van der Waals surface area contributed by atoms with Gasteiger partial charge >= 0.3 is 6.03 Å². The van der Waals surface area contributed by atoms with Crippen molar-refractivity contribution in [2.75, 3.05) is 6.54 Å². The Bertz CT molecular complexity index is 729. The Kier molecular flexibility index (Phi) is 4.48. The van der Waals surface area contributed by atoms with Crippen molar-refractivity contribution in [1.29, 1.82) is 0 Å². The van der Waals surface area contributed by atoms with Crippen LogP contribution in [0.2, 0.25) is 0 Å². The van der Waals surface area contributed by atoms with E-state index >= 15 is 0 Å². The summed E-state index contributed by atoms with van der Waals surface area (Å²) in [6.07, 6.45) is -0.704. The van der Waals surface area contributed by atoms with Crippen molar-refractivity contribution in [2.24, 2.45) is 5.11 Å². The lowest BCUT2D eigenvalue weighted by atomic mass is 10.1. The van der Waals surface area contributed by atoms with Crippen LogP contribution in [0.3, 0.4) is 0 Å². The van der Waals surface area contributed by atoms with E-state index in [0.29, 0.717) is 0 Å². The molecular weight excluding hydrogens is 314 g/mol. The minimum atomic E-state index is -0.887. The van der Waals surface area contributed by atoms with Crippen LogP contribution in [0.15, 0.2) is 41.1 Å². The summed E-state index contributed by atoms with van der Waals surface area (Å²) in [5.74, 6) is -0.527. The molecule has 2 saturated heterocycles. The van der Waals surface area contributed by atoms with Crippen LogP contribution in [-0.4, -0.2) is 46.9 Å². The van der Waals surface area contributed by atoms with E-state index in [1.165, 1.54) is 4.90 Å². The van der Waals surface area contributed by atoms with Crippen molar-refractivity contribution >= 4 is 18.0 Å². The van der Waals surface area contributed by atoms with Gasteiger partial charge in [0.15, 0.2) is 0 Å². The number of azide groups is 1. The molecule has 1 aromatic carbocycles. The van der Waals surface area contributed by atoms with Gasteiger partial charge in [-0.3, -0.25) is 15.0 Å². The number of hydrogen-bond donors (Lipinski definition) is 2. The Labute approximate surface area is 137 Å². The highest BCUT2D eigenvalue weighted by molar-refractivity contribution is 6.14. The van der Waals surface area contributed by atoms with Crippen LogP contribution < -0.4 is 5.32 Å². The van der Waals surface area contributed by atoms with E-state index in [-0.39, 0.29) is 18.7 Å². The monoisotopic (exact) mass is 329 g/mol. The summed E-state index contributed by atoms with van der Waals surface area (Å²) in [4.78, 5) is 28.0. The molecule has 2 fully saturated rings. The molecule has 124 valence electrons. The van der Waals surface area contributed by atoms with Crippen molar-refractivity contribution in [1.82, 2.24) is 10.2 Å². The lowest BCUT2D eigenvalue weighted by Gasteiger charge is -2.22. The van der Waals surface area contributed by atoms with Crippen molar-refractivity contribution in [3.8, 4) is 0 Å². The van der Waals surface area contributed by atoms with Gasteiger partial charge in [-0.15, -0.1) is 0 Å². The summed E-state index contributed by atoms with van der Waals surface area (Å²) in [7, 11) is 0. The highest BCUT2D eigenvalue weighted by Crippen LogP contribution is 2.29. The van der Waals surface area contributed by atoms with E-state index in [0.717, 1.165) is 5.56 Å². The fraction of sp³-hybridized carbons (Fsp3) is 0.333. The largest absolute Gasteiger partial charge is 0.390 e. The second kappa shape index (κ2) is 6.71. The molecule has 9 heteroatoms. The van der Waals surface area contributed by atoms with Crippen LogP contribution in [0.4, 0.5) is 4.79 Å². The van der Waals surface area contributed by atoms with Gasteiger partial charge in [0.25, 0.3) is 5.91 Å². The minimum absolute atomic E-state index is 0.0463. The van der Waals surface area contributed by atoms with Crippen molar-refractivity contribution in [3.05, 3.63) is 52.0 Å². The fourth-order valence-electron chi connectivity index (χ4n) is 2.72. The smallest absolute Gasteiger partial charge is 0.331 e. The molecule has 0 unspecified atom stereocenters. The number of urea groups is 1.